The molecule has 2 rings (SSSR count). The molecular weight excluding hydrogens is 282 g/mol. The fourth-order valence-corrected chi connectivity index (χ4v) is 2.54. The molecule has 0 aliphatic heterocycles. The molecule has 0 N–H and O–H groups in total. The maximum absolute atomic E-state index is 12.2. The van der Waals surface area contributed by atoms with Gasteiger partial charge in [0.15, 0.2) is 5.78 Å². The van der Waals surface area contributed by atoms with E-state index in [1.165, 1.54) is 0 Å². The maximum Gasteiger partial charge on any atom is 0.183 e. The number of hydrogen-bond acceptors (Lipinski definition) is 3. The molecule has 1 aliphatic rings. The molecule has 0 bridgehead atoms. The van der Waals surface area contributed by atoms with Crippen molar-refractivity contribution < 1.29 is 9.53 Å². The summed E-state index contributed by atoms with van der Waals surface area (Å²) in [5.74, 6) is 0.607. The monoisotopic (exact) mass is 293 g/mol. The molecular formula is C13H12BrNO2. The highest BCUT2D eigenvalue weighted by atomic mass is 79.9. The molecule has 1 fully saturated rings. The number of ether oxygens (including phenoxy) is 1. The molecule has 1 aromatic carbocycles. The van der Waals surface area contributed by atoms with Crippen molar-refractivity contribution >= 4 is 21.7 Å². The number of halogens is 1. The summed E-state index contributed by atoms with van der Waals surface area (Å²) in [6, 6.07) is 7.33. The number of carbonyl (C=O) groups is 1. The standard InChI is InChI=1S/C13H12BrNO2/c1-17-11-4-3-9(7-10(11)14)12(16)13(8-15)5-2-6-13/h3-4,7H,2,5-6H2,1H3. The van der Waals surface area contributed by atoms with Crippen LogP contribution in [0.5, 0.6) is 5.75 Å². The summed E-state index contributed by atoms with van der Waals surface area (Å²) in [4.78, 5) is 12.2. The Morgan fingerprint density at radius 2 is 2.24 bits per heavy atom. The molecule has 1 aliphatic carbocycles. The summed E-state index contributed by atoms with van der Waals surface area (Å²) in [7, 11) is 1.57. The second-order valence-electron chi connectivity index (χ2n) is 4.23. The van der Waals surface area contributed by atoms with Gasteiger partial charge in [-0.15, -0.1) is 0 Å². The van der Waals surface area contributed by atoms with Crippen LogP contribution >= 0.6 is 15.9 Å². The average molecular weight is 294 g/mol. The Morgan fingerprint density at radius 1 is 1.53 bits per heavy atom. The third-order valence-electron chi connectivity index (χ3n) is 3.27. The van der Waals surface area contributed by atoms with E-state index < -0.39 is 5.41 Å². The SMILES string of the molecule is COc1ccc(C(=O)C2(C#N)CCC2)cc1Br. The molecule has 88 valence electrons. The highest BCUT2D eigenvalue weighted by Gasteiger charge is 2.44. The number of ketones is 1. The van der Waals surface area contributed by atoms with Gasteiger partial charge in [-0.1, -0.05) is 0 Å². The predicted octanol–water partition coefficient (Wildman–Crippen LogP) is 3.33. The molecule has 3 nitrogen and oxygen atoms in total. The average Bonchev–Trinajstić information content (AvgIpc) is 2.28. The van der Waals surface area contributed by atoms with E-state index >= 15 is 0 Å². The number of benzene rings is 1. The highest BCUT2D eigenvalue weighted by Crippen LogP contribution is 2.43. The maximum atomic E-state index is 12.2. The molecule has 1 aromatic rings. The number of methoxy groups -OCH3 is 1. The van der Waals surface area contributed by atoms with E-state index in [1.54, 1.807) is 25.3 Å². The summed E-state index contributed by atoms with van der Waals surface area (Å²) < 4.78 is 5.84. The summed E-state index contributed by atoms with van der Waals surface area (Å²) in [5.41, 5.74) is -0.215. The van der Waals surface area contributed by atoms with Gasteiger partial charge in [-0.3, -0.25) is 4.79 Å². The van der Waals surface area contributed by atoms with E-state index in [0.717, 1.165) is 10.9 Å². The van der Waals surface area contributed by atoms with E-state index in [-0.39, 0.29) is 5.78 Å². The minimum absolute atomic E-state index is 0.0744. The molecule has 0 aromatic heterocycles. The van der Waals surface area contributed by atoms with Crippen LogP contribution in [-0.4, -0.2) is 12.9 Å². The zero-order chi connectivity index (χ0) is 12.5. The van der Waals surface area contributed by atoms with E-state index in [2.05, 4.69) is 22.0 Å². The summed E-state index contributed by atoms with van der Waals surface area (Å²) in [6.45, 7) is 0. The molecule has 17 heavy (non-hydrogen) atoms. The lowest BCUT2D eigenvalue weighted by molar-refractivity contribution is 0.0748. The quantitative estimate of drug-likeness (QED) is 0.803. The fraction of sp³-hybridized carbons (Fsp3) is 0.385. The van der Waals surface area contributed by atoms with Crippen molar-refractivity contribution in [1.29, 1.82) is 5.26 Å². The Balaban J connectivity index is 2.32. The van der Waals surface area contributed by atoms with Gasteiger partial charge in [-0.2, -0.15) is 5.26 Å². The van der Waals surface area contributed by atoms with Gasteiger partial charge in [0.25, 0.3) is 0 Å². The molecule has 0 unspecified atom stereocenters. The minimum atomic E-state index is -0.784. The van der Waals surface area contributed by atoms with Crippen molar-refractivity contribution in [2.24, 2.45) is 5.41 Å². The van der Waals surface area contributed by atoms with E-state index in [4.69, 9.17) is 10.00 Å². The first kappa shape index (κ1) is 12.1. The van der Waals surface area contributed by atoms with Crippen molar-refractivity contribution in [2.75, 3.05) is 7.11 Å². The Labute approximate surface area is 109 Å². The van der Waals surface area contributed by atoms with E-state index in [9.17, 15) is 4.79 Å². The van der Waals surface area contributed by atoms with Crippen LogP contribution in [0.25, 0.3) is 0 Å². The van der Waals surface area contributed by atoms with Crippen molar-refractivity contribution in [2.45, 2.75) is 19.3 Å². The first-order chi connectivity index (χ1) is 8.13. The number of Topliss-reactive ketones (excluding diaryl/α,β-unsaturated/α-hetero) is 1. The number of nitriles is 1. The van der Waals surface area contributed by atoms with Crippen LogP contribution in [-0.2, 0) is 0 Å². The van der Waals surface area contributed by atoms with Gasteiger partial charge in [0.2, 0.25) is 0 Å². The summed E-state index contributed by atoms with van der Waals surface area (Å²) in [6.07, 6.45) is 2.30. The topological polar surface area (TPSA) is 50.1 Å². The van der Waals surface area contributed by atoms with Gasteiger partial charge in [0, 0.05) is 5.56 Å². The third-order valence-corrected chi connectivity index (χ3v) is 3.89. The second-order valence-corrected chi connectivity index (χ2v) is 5.08. The molecule has 0 spiro atoms. The van der Waals surface area contributed by atoms with E-state index in [0.29, 0.717) is 24.2 Å². The normalized spacial score (nSPS) is 16.8. The molecule has 1 saturated carbocycles. The Kier molecular flexibility index (Phi) is 3.21. The minimum Gasteiger partial charge on any atom is -0.496 e. The Bertz CT molecular complexity index is 501. The first-order valence-electron chi connectivity index (χ1n) is 5.42. The van der Waals surface area contributed by atoms with Gasteiger partial charge in [0.1, 0.15) is 11.2 Å². The molecule has 0 saturated heterocycles. The van der Waals surface area contributed by atoms with Crippen molar-refractivity contribution in [3.8, 4) is 11.8 Å². The lowest BCUT2D eigenvalue weighted by Gasteiger charge is -2.33. The van der Waals surface area contributed by atoms with Crippen molar-refractivity contribution in [3.05, 3.63) is 28.2 Å². The molecule has 0 radical (unpaired) electrons. The van der Waals surface area contributed by atoms with Crippen LogP contribution in [0.2, 0.25) is 0 Å². The lowest BCUT2D eigenvalue weighted by Crippen LogP contribution is -2.36. The number of hydrogen-bond donors (Lipinski definition) is 0. The van der Waals surface area contributed by atoms with Crippen LogP contribution in [0.15, 0.2) is 22.7 Å². The number of carbonyl (C=O) groups excluding carboxylic acids is 1. The highest BCUT2D eigenvalue weighted by molar-refractivity contribution is 9.10. The van der Waals surface area contributed by atoms with Crippen molar-refractivity contribution in [1.82, 2.24) is 0 Å². The van der Waals surface area contributed by atoms with Crippen LogP contribution in [0.1, 0.15) is 29.6 Å². The fourth-order valence-electron chi connectivity index (χ4n) is 2.00. The number of nitrogens with zero attached hydrogens (tertiary/aromatic N) is 1. The zero-order valence-corrected chi connectivity index (χ0v) is 11.1. The van der Waals surface area contributed by atoms with Gasteiger partial charge in [-0.05, 0) is 53.4 Å². The lowest BCUT2D eigenvalue weighted by atomic mass is 9.66. The van der Waals surface area contributed by atoms with Crippen molar-refractivity contribution in [3.63, 3.8) is 0 Å². The Hall–Kier alpha value is -1.34. The smallest absolute Gasteiger partial charge is 0.183 e. The van der Waals surface area contributed by atoms with Gasteiger partial charge in [-0.25, -0.2) is 0 Å². The Morgan fingerprint density at radius 3 is 2.65 bits per heavy atom. The molecule has 0 atom stereocenters. The molecule has 0 amide bonds. The molecule has 0 heterocycles. The zero-order valence-electron chi connectivity index (χ0n) is 9.50. The third kappa shape index (κ3) is 1.96. The van der Waals surface area contributed by atoms with Crippen LogP contribution in [0.4, 0.5) is 0 Å². The second kappa shape index (κ2) is 4.50. The van der Waals surface area contributed by atoms with Gasteiger partial charge < -0.3 is 4.74 Å². The molecule has 4 heteroatoms. The summed E-state index contributed by atoms with van der Waals surface area (Å²) in [5, 5.41) is 9.13. The predicted molar refractivity (Wildman–Crippen MR) is 66.9 cm³/mol. The first-order valence-corrected chi connectivity index (χ1v) is 6.22. The van der Waals surface area contributed by atoms with E-state index in [1.807, 2.05) is 0 Å². The largest absolute Gasteiger partial charge is 0.496 e. The van der Waals surface area contributed by atoms with Gasteiger partial charge in [0.05, 0.1) is 17.7 Å². The van der Waals surface area contributed by atoms with Crippen LogP contribution in [0, 0.1) is 16.7 Å². The van der Waals surface area contributed by atoms with Crippen LogP contribution < -0.4 is 4.74 Å². The van der Waals surface area contributed by atoms with Gasteiger partial charge >= 0.3 is 0 Å². The summed E-state index contributed by atoms with van der Waals surface area (Å²) >= 11 is 3.34. The number of rotatable bonds is 3. The van der Waals surface area contributed by atoms with Crippen LogP contribution in [0.3, 0.4) is 0 Å².